The van der Waals surface area contributed by atoms with Crippen molar-refractivity contribution in [2.75, 3.05) is 31.5 Å². The first-order chi connectivity index (χ1) is 17.8. The lowest BCUT2D eigenvalue weighted by Gasteiger charge is -2.22. The molecule has 0 saturated carbocycles. The number of ether oxygens (including phenoxy) is 3. The van der Waals surface area contributed by atoms with Gasteiger partial charge in [0.25, 0.3) is 5.91 Å². The molecule has 1 aliphatic rings. The van der Waals surface area contributed by atoms with Gasteiger partial charge in [0, 0.05) is 30.4 Å². The molecule has 0 bridgehead atoms. The molecule has 9 heteroatoms. The summed E-state index contributed by atoms with van der Waals surface area (Å²) in [6, 6.07) is 17.9. The van der Waals surface area contributed by atoms with Gasteiger partial charge >= 0.3 is 6.03 Å². The zero-order valence-corrected chi connectivity index (χ0v) is 21.2. The Labute approximate surface area is 215 Å². The number of carbonyl (C=O) groups excluding carboxylic acids is 3. The predicted octanol–water partition coefficient (Wildman–Crippen LogP) is 4.39. The van der Waals surface area contributed by atoms with Crippen LogP contribution in [0.2, 0.25) is 0 Å². The minimum atomic E-state index is -0.993. The number of benzene rings is 3. The molecule has 1 fully saturated rings. The number of imide groups is 1. The normalized spacial score (nSPS) is 15.1. The summed E-state index contributed by atoms with van der Waals surface area (Å²) in [7, 11) is 4.59. The highest BCUT2D eigenvalue weighted by atomic mass is 16.5. The number of methoxy groups -OCH3 is 3. The van der Waals surface area contributed by atoms with Crippen LogP contribution in [0.4, 0.5) is 16.2 Å². The van der Waals surface area contributed by atoms with Gasteiger partial charge in [-0.1, -0.05) is 29.8 Å². The maximum atomic E-state index is 13.5. The van der Waals surface area contributed by atoms with E-state index in [4.69, 9.17) is 14.2 Å². The largest absolute Gasteiger partial charge is 0.497 e. The van der Waals surface area contributed by atoms with E-state index in [9.17, 15) is 14.4 Å². The fourth-order valence-corrected chi connectivity index (χ4v) is 4.18. The molecule has 0 spiro atoms. The molecule has 0 aromatic heterocycles. The lowest BCUT2D eigenvalue weighted by atomic mass is 10.1. The molecule has 3 aromatic carbocycles. The van der Waals surface area contributed by atoms with Crippen LogP contribution in [0.3, 0.4) is 0 Å². The highest BCUT2D eigenvalue weighted by molar-refractivity contribution is 6.22. The van der Waals surface area contributed by atoms with Gasteiger partial charge < -0.3 is 24.4 Å². The van der Waals surface area contributed by atoms with E-state index in [0.29, 0.717) is 28.6 Å². The molecular formula is C28H29N3O6. The van der Waals surface area contributed by atoms with Crippen molar-refractivity contribution in [1.82, 2.24) is 4.90 Å². The topological polar surface area (TPSA) is 97.4 Å². The van der Waals surface area contributed by atoms with Gasteiger partial charge in [-0.2, -0.15) is 0 Å². The molecule has 192 valence electrons. The number of nitrogens with zero attached hydrogens (tertiary/aromatic N) is 2. The summed E-state index contributed by atoms with van der Waals surface area (Å²) >= 11 is 0. The highest BCUT2D eigenvalue weighted by Gasteiger charge is 2.46. The first-order valence-corrected chi connectivity index (χ1v) is 11.7. The number of anilines is 2. The van der Waals surface area contributed by atoms with Crippen LogP contribution >= 0.6 is 0 Å². The van der Waals surface area contributed by atoms with Crippen molar-refractivity contribution in [3.8, 4) is 17.2 Å². The molecule has 0 aliphatic carbocycles. The molecule has 1 atom stereocenters. The number of rotatable bonds is 9. The Morgan fingerprint density at radius 2 is 1.51 bits per heavy atom. The van der Waals surface area contributed by atoms with Crippen molar-refractivity contribution < 1.29 is 28.6 Å². The van der Waals surface area contributed by atoms with Gasteiger partial charge in [0.2, 0.25) is 5.91 Å². The van der Waals surface area contributed by atoms with Crippen LogP contribution in [0, 0.1) is 6.92 Å². The van der Waals surface area contributed by atoms with Gasteiger partial charge in [-0.3, -0.25) is 9.59 Å². The molecule has 0 radical (unpaired) electrons. The number of amides is 4. The fraction of sp³-hybridized carbons (Fsp3) is 0.250. The van der Waals surface area contributed by atoms with Crippen LogP contribution in [-0.2, 0) is 16.1 Å². The number of hydrogen-bond donors (Lipinski definition) is 1. The van der Waals surface area contributed by atoms with Crippen molar-refractivity contribution in [3.63, 3.8) is 0 Å². The summed E-state index contributed by atoms with van der Waals surface area (Å²) in [5.41, 5.74) is 2.68. The summed E-state index contributed by atoms with van der Waals surface area (Å²) < 4.78 is 15.8. The van der Waals surface area contributed by atoms with Crippen molar-refractivity contribution >= 4 is 29.2 Å². The minimum Gasteiger partial charge on any atom is -0.497 e. The number of hydrogen-bond acceptors (Lipinski definition) is 6. The summed E-state index contributed by atoms with van der Waals surface area (Å²) in [4.78, 5) is 42.7. The number of urea groups is 1. The third-order valence-corrected chi connectivity index (χ3v) is 6.11. The van der Waals surface area contributed by atoms with E-state index in [0.717, 1.165) is 16.0 Å². The van der Waals surface area contributed by atoms with E-state index in [1.54, 1.807) is 49.6 Å². The van der Waals surface area contributed by atoms with Gasteiger partial charge in [-0.05, 0) is 36.8 Å². The van der Waals surface area contributed by atoms with Gasteiger partial charge in [0.1, 0.15) is 23.3 Å². The van der Waals surface area contributed by atoms with Crippen LogP contribution in [0.15, 0.2) is 66.7 Å². The Kier molecular flexibility index (Phi) is 7.62. The smallest absolute Gasteiger partial charge is 0.332 e. The number of carbonyl (C=O) groups is 3. The molecule has 4 rings (SSSR count). The summed E-state index contributed by atoms with van der Waals surface area (Å²) in [6.07, 6.45) is -0.226. The Morgan fingerprint density at radius 1 is 0.865 bits per heavy atom. The van der Waals surface area contributed by atoms with Crippen molar-refractivity contribution in [2.45, 2.75) is 25.9 Å². The molecule has 1 saturated heterocycles. The lowest BCUT2D eigenvalue weighted by molar-refractivity contribution is -0.124. The van der Waals surface area contributed by atoms with E-state index < -0.39 is 23.9 Å². The Morgan fingerprint density at radius 3 is 2.14 bits per heavy atom. The third-order valence-electron chi connectivity index (χ3n) is 6.11. The maximum absolute atomic E-state index is 13.5. The van der Waals surface area contributed by atoms with Crippen LogP contribution in [-0.4, -0.2) is 50.1 Å². The average Bonchev–Trinajstić information content (AvgIpc) is 3.12. The Hall–Kier alpha value is -4.53. The molecule has 1 aliphatic heterocycles. The van der Waals surface area contributed by atoms with E-state index in [-0.39, 0.29) is 13.0 Å². The lowest BCUT2D eigenvalue weighted by Crippen LogP contribution is -2.37. The quantitative estimate of drug-likeness (QED) is 0.435. The molecule has 37 heavy (non-hydrogen) atoms. The monoisotopic (exact) mass is 503 g/mol. The Bertz CT molecular complexity index is 1290. The van der Waals surface area contributed by atoms with Crippen LogP contribution < -0.4 is 24.4 Å². The summed E-state index contributed by atoms with van der Waals surface area (Å²) in [5.74, 6) is 0.754. The second-order valence-corrected chi connectivity index (χ2v) is 8.64. The van der Waals surface area contributed by atoms with Crippen molar-refractivity contribution in [1.29, 1.82) is 0 Å². The van der Waals surface area contributed by atoms with Gasteiger partial charge in [-0.15, -0.1) is 0 Å². The SMILES string of the molecule is COc1cccc(CN2C(=O)N(c3ccc(C)cc3)C(=O)[C@@H]2CC(=O)Nc2cc(OC)cc(OC)c2)c1. The highest BCUT2D eigenvalue weighted by Crippen LogP contribution is 2.30. The third kappa shape index (κ3) is 5.66. The number of aryl methyl sites for hydroxylation is 1. The molecule has 1 heterocycles. The molecule has 4 amide bonds. The first kappa shape index (κ1) is 25.6. The molecule has 9 nitrogen and oxygen atoms in total. The minimum absolute atomic E-state index is 0.134. The fourth-order valence-electron chi connectivity index (χ4n) is 4.18. The summed E-state index contributed by atoms with van der Waals surface area (Å²) in [5, 5.41) is 2.79. The van der Waals surface area contributed by atoms with Crippen LogP contribution in [0.1, 0.15) is 17.5 Å². The van der Waals surface area contributed by atoms with E-state index in [1.807, 2.05) is 31.2 Å². The maximum Gasteiger partial charge on any atom is 0.332 e. The molecular weight excluding hydrogens is 474 g/mol. The second-order valence-electron chi connectivity index (χ2n) is 8.64. The molecule has 0 unspecified atom stereocenters. The van der Waals surface area contributed by atoms with E-state index in [1.165, 1.54) is 19.1 Å². The van der Waals surface area contributed by atoms with Crippen LogP contribution in [0.25, 0.3) is 0 Å². The van der Waals surface area contributed by atoms with E-state index in [2.05, 4.69) is 5.32 Å². The van der Waals surface area contributed by atoms with Gasteiger partial charge in [0.05, 0.1) is 33.4 Å². The molecule has 1 N–H and O–H groups in total. The van der Waals surface area contributed by atoms with Gasteiger partial charge in [0.15, 0.2) is 0 Å². The average molecular weight is 504 g/mol. The number of nitrogens with one attached hydrogen (secondary N) is 1. The first-order valence-electron chi connectivity index (χ1n) is 11.7. The van der Waals surface area contributed by atoms with Crippen LogP contribution in [0.5, 0.6) is 17.2 Å². The summed E-state index contributed by atoms with van der Waals surface area (Å²) in [6.45, 7) is 2.06. The van der Waals surface area contributed by atoms with E-state index >= 15 is 0 Å². The predicted molar refractivity (Wildman–Crippen MR) is 139 cm³/mol. The molecule has 3 aromatic rings. The Balaban J connectivity index is 1.61. The zero-order chi connectivity index (χ0) is 26.5. The van der Waals surface area contributed by atoms with Gasteiger partial charge in [-0.25, -0.2) is 9.69 Å². The van der Waals surface area contributed by atoms with Crippen molar-refractivity contribution in [2.24, 2.45) is 0 Å². The second kappa shape index (κ2) is 11.0. The van der Waals surface area contributed by atoms with Crippen molar-refractivity contribution in [3.05, 3.63) is 77.9 Å². The zero-order valence-electron chi connectivity index (χ0n) is 21.2. The standard InChI is InChI=1S/C28H29N3O6/c1-18-8-10-21(11-9-18)31-27(33)25(30(28(31)34)17-19-6-5-7-22(12-19)35-2)16-26(32)29-20-13-23(36-3)15-24(14-20)37-4/h5-15,25H,16-17H2,1-4H3,(H,29,32)/t25-/m0/s1.